The molecule has 2 saturated heterocycles. The van der Waals surface area contributed by atoms with E-state index in [-0.39, 0.29) is 29.6 Å². The topological polar surface area (TPSA) is 54.9 Å². The van der Waals surface area contributed by atoms with Gasteiger partial charge in [0, 0.05) is 20.2 Å². The van der Waals surface area contributed by atoms with E-state index < -0.39 is 0 Å². The molecule has 2 N–H and O–H groups in total. The summed E-state index contributed by atoms with van der Waals surface area (Å²) >= 11 is 0. The highest BCUT2D eigenvalue weighted by Gasteiger charge is 2.41. The molecule has 0 aromatic rings. The van der Waals surface area contributed by atoms with Gasteiger partial charge in [0.15, 0.2) is 5.96 Å². The van der Waals surface area contributed by atoms with E-state index in [1.807, 2.05) is 7.05 Å². The molecule has 3 unspecified atom stereocenters. The first-order valence-corrected chi connectivity index (χ1v) is 9.51. The fourth-order valence-electron chi connectivity index (χ4n) is 4.29. The standard InChI is InChI=1S/C18H33N3O2.HI/c1-3-11-22-18(9-5-4-6-10-18)13-20-17(19-2)21-15-12-14-7-8-16(15)23-14;/h14-16H,3-13H2,1-2H3,(H2,19,20,21);1H. The fraction of sp³-hybridized carbons (Fsp3) is 0.944. The van der Waals surface area contributed by atoms with Crippen LogP contribution in [0.15, 0.2) is 4.99 Å². The Kier molecular flexibility index (Phi) is 8.07. The van der Waals surface area contributed by atoms with Crippen LogP contribution < -0.4 is 10.6 Å². The molecular weight excluding hydrogens is 417 g/mol. The summed E-state index contributed by atoms with van der Waals surface area (Å²) in [7, 11) is 1.85. The Balaban J connectivity index is 0.00000208. The van der Waals surface area contributed by atoms with E-state index in [9.17, 15) is 0 Å². The zero-order valence-electron chi connectivity index (χ0n) is 15.2. The van der Waals surface area contributed by atoms with Crippen molar-refractivity contribution in [2.45, 2.75) is 88.6 Å². The smallest absolute Gasteiger partial charge is 0.191 e. The van der Waals surface area contributed by atoms with E-state index in [2.05, 4.69) is 22.5 Å². The van der Waals surface area contributed by atoms with E-state index in [1.54, 1.807) is 0 Å². The van der Waals surface area contributed by atoms with Gasteiger partial charge in [-0.3, -0.25) is 4.99 Å². The van der Waals surface area contributed by atoms with Crippen LogP contribution in [-0.4, -0.2) is 50.0 Å². The Hall–Kier alpha value is -0.0800. The number of rotatable bonds is 6. The van der Waals surface area contributed by atoms with Crippen molar-refractivity contribution in [3.05, 3.63) is 0 Å². The van der Waals surface area contributed by atoms with Crippen LogP contribution in [0.1, 0.15) is 64.7 Å². The third-order valence-corrected chi connectivity index (χ3v) is 5.61. The molecule has 0 spiro atoms. The number of ether oxygens (including phenoxy) is 2. The van der Waals surface area contributed by atoms with Gasteiger partial charge in [0.25, 0.3) is 0 Å². The minimum atomic E-state index is -0.00292. The van der Waals surface area contributed by atoms with E-state index in [1.165, 1.54) is 32.1 Å². The number of halogens is 1. The molecule has 1 saturated carbocycles. The number of guanidine groups is 1. The van der Waals surface area contributed by atoms with E-state index in [0.717, 1.165) is 44.8 Å². The molecule has 3 fully saturated rings. The average Bonchev–Trinajstić information content (AvgIpc) is 3.20. The second-order valence-electron chi connectivity index (χ2n) is 7.38. The van der Waals surface area contributed by atoms with Gasteiger partial charge in [-0.1, -0.05) is 26.2 Å². The minimum Gasteiger partial charge on any atom is -0.373 e. The molecule has 3 aliphatic rings. The van der Waals surface area contributed by atoms with Crippen LogP contribution in [0.25, 0.3) is 0 Å². The summed E-state index contributed by atoms with van der Waals surface area (Å²) in [6.07, 6.45) is 11.7. The van der Waals surface area contributed by atoms with E-state index in [4.69, 9.17) is 9.47 Å². The average molecular weight is 451 g/mol. The van der Waals surface area contributed by atoms with Crippen molar-refractivity contribution in [1.82, 2.24) is 10.6 Å². The molecule has 3 rings (SSSR count). The summed E-state index contributed by atoms with van der Waals surface area (Å²) in [6, 6.07) is 0.416. The normalized spacial score (nSPS) is 31.6. The van der Waals surface area contributed by atoms with Gasteiger partial charge in [-0.15, -0.1) is 24.0 Å². The van der Waals surface area contributed by atoms with Gasteiger partial charge in [0.05, 0.1) is 23.9 Å². The number of fused-ring (bicyclic) bond motifs is 2. The maximum Gasteiger partial charge on any atom is 0.191 e. The van der Waals surface area contributed by atoms with Crippen molar-refractivity contribution in [1.29, 1.82) is 0 Å². The van der Waals surface area contributed by atoms with Gasteiger partial charge in [-0.2, -0.15) is 0 Å². The number of hydrogen-bond donors (Lipinski definition) is 2. The Morgan fingerprint density at radius 1 is 1.25 bits per heavy atom. The quantitative estimate of drug-likeness (QED) is 0.370. The largest absolute Gasteiger partial charge is 0.373 e. The summed E-state index contributed by atoms with van der Waals surface area (Å²) in [5, 5.41) is 7.10. The summed E-state index contributed by atoms with van der Waals surface area (Å²) in [6.45, 7) is 3.89. The molecule has 2 bridgehead atoms. The predicted octanol–water partition coefficient (Wildman–Crippen LogP) is 3.22. The Labute approximate surface area is 163 Å². The molecule has 2 aliphatic heterocycles. The van der Waals surface area contributed by atoms with Crippen LogP contribution in [0.3, 0.4) is 0 Å². The van der Waals surface area contributed by atoms with Gasteiger partial charge in [0.2, 0.25) is 0 Å². The van der Waals surface area contributed by atoms with Crippen molar-refractivity contribution in [3.8, 4) is 0 Å². The van der Waals surface area contributed by atoms with Crippen LogP contribution in [-0.2, 0) is 9.47 Å². The van der Waals surface area contributed by atoms with Crippen LogP contribution in [0.2, 0.25) is 0 Å². The number of hydrogen-bond acceptors (Lipinski definition) is 3. The van der Waals surface area contributed by atoms with Gasteiger partial charge in [0.1, 0.15) is 0 Å². The number of nitrogens with zero attached hydrogens (tertiary/aromatic N) is 1. The summed E-state index contributed by atoms with van der Waals surface area (Å²) in [5.74, 6) is 0.899. The lowest BCUT2D eigenvalue weighted by atomic mass is 9.84. The Morgan fingerprint density at radius 2 is 2.04 bits per heavy atom. The third-order valence-electron chi connectivity index (χ3n) is 5.61. The van der Waals surface area contributed by atoms with Crippen LogP contribution >= 0.6 is 24.0 Å². The molecule has 6 heteroatoms. The van der Waals surface area contributed by atoms with Crippen molar-refractivity contribution in [2.24, 2.45) is 4.99 Å². The highest BCUT2D eigenvalue weighted by molar-refractivity contribution is 14.0. The first kappa shape index (κ1) is 20.2. The molecular formula is C18H34IN3O2. The molecule has 140 valence electrons. The SMILES string of the molecule is CCCOC1(CNC(=NC)NC2CC3CCC2O3)CCCCC1.I. The molecule has 1 aliphatic carbocycles. The monoisotopic (exact) mass is 451 g/mol. The lowest BCUT2D eigenvalue weighted by Gasteiger charge is -2.38. The fourth-order valence-corrected chi connectivity index (χ4v) is 4.29. The molecule has 0 aromatic heterocycles. The zero-order valence-corrected chi connectivity index (χ0v) is 17.5. The molecule has 0 radical (unpaired) electrons. The van der Waals surface area contributed by atoms with Gasteiger partial charge in [-0.25, -0.2) is 0 Å². The third kappa shape index (κ3) is 4.97. The molecule has 3 atom stereocenters. The minimum absolute atomic E-state index is 0. The maximum absolute atomic E-state index is 6.26. The predicted molar refractivity (Wildman–Crippen MR) is 108 cm³/mol. The molecule has 0 aromatic carbocycles. The zero-order chi connectivity index (χ0) is 16.1. The summed E-state index contributed by atoms with van der Waals surface area (Å²) in [4.78, 5) is 4.41. The van der Waals surface area contributed by atoms with Gasteiger partial charge >= 0.3 is 0 Å². The van der Waals surface area contributed by atoms with Crippen molar-refractivity contribution >= 4 is 29.9 Å². The Bertz CT molecular complexity index is 413. The number of nitrogens with one attached hydrogen (secondary N) is 2. The van der Waals surface area contributed by atoms with Crippen molar-refractivity contribution < 1.29 is 9.47 Å². The Morgan fingerprint density at radius 3 is 2.62 bits per heavy atom. The van der Waals surface area contributed by atoms with Gasteiger partial charge in [-0.05, 0) is 38.5 Å². The van der Waals surface area contributed by atoms with E-state index >= 15 is 0 Å². The van der Waals surface area contributed by atoms with Crippen LogP contribution in [0, 0.1) is 0 Å². The second kappa shape index (κ2) is 9.57. The second-order valence-corrected chi connectivity index (χ2v) is 7.38. The van der Waals surface area contributed by atoms with Gasteiger partial charge < -0.3 is 20.1 Å². The van der Waals surface area contributed by atoms with E-state index in [0.29, 0.717) is 18.2 Å². The molecule has 0 amide bonds. The van der Waals surface area contributed by atoms with Crippen LogP contribution in [0.4, 0.5) is 0 Å². The van der Waals surface area contributed by atoms with Crippen molar-refractivity contribution in [3.63, 3.8) is 0 Å². The lowest BCUT2D eigenvalue weighted by Crippen LogP contribution is -2.53. The summed E-state index contributed by atoms with van der Waals surface area (Å²) < 4.78 is 12.2. The molecule has 24 heavy (non-hydrogen) atoms. The number of aliphatic imine (C=N–C) groups is 1. The van der Waals surface area contributed by atoms with Crippen LogP contribution in [0.5, 0.6) is 0 Å². The molecule has 5 nitrogen and oxygen atoms in total. The first-order chi connectivity index (χ1) is 11.2. The molecule has 2 heterocycles. The summed E-state index contributed by atoms with van der Waals surface area (Å²) in [5.41, 5.74) is -0.00292. The first-order valence-electron chi connectivity index (χ1n) is 9.51. The van der Waals surface area contributed by atoms with Crippen molar-refractivity contribution in [2.75, 3.05) is 20.2 Å². The highest BCUT2D eigenvalue weighted by atomic mass is 127. The lowest BCUT2D eigenvalue weighted by molar-refractivity contribution is -0.0657. The maximum atomic E-state index is 6.26. The highest BCUT2D eigenvalue weighted by Crippen LogP contribution is 2.34.